The molecular formula is C10H21N3. The third-order valence-electron chi connectivity index (χ3n) is 2.05. The summed E-state index contributed by atoms with van der Waals surface area (Å²) in [4.78, 5) is 0. The predicted octanol–water partition coefficient (Wildman–Crippen LogP) is 0.590. The van der Waals surface area contributed by atoms with Gasteiger partial charge in [0.25, 0.3) is 0 Å². The van der Waals surface area contributed by atoms with Crippen LogP contribution in [0.4, 0.5) is 0 Å². The molecule has 0 aliphatic heterocycles. The zero-order chi connectivity index (χ0) is 10.1. The summed E-state index contributed by atoms with van der Waals surface area (Å²) in [5, 5.41) is 3.15. The van der Waals surface area contributed by atoms with Gasteiger partial charge in [-0.3, -0.25) is 0 Å². The van der Waals surface area contributed by atoms with E-state index in [-0.39, 0.29) is 0 Å². The Morgan fingerprint density at radius 3 is 2.62 bits per heavy atom. The second kappa shape index (κ2) is 7.83. The van der Waals surface area contributed by atoms with E-state index in [1.54, 1.807) is 6.20 Å². The average molecular weight is 183 g/mol. The number of hydrogen-bond donors (Lipinski definition) is 3. The molecule has 0 rings (SSSR count). The van der Waals surface area contributed by atoms with Crippen molar-refractivity contribution in [2.24, 2.45) is 17.4 Å². The number of hydrogen-bond acceptors (Lipinski definition) is 3. The fourth-order valence-electron chi connectivity index (χ4n) is 1.28. The maximum Gasteiger partial charge on any atom is 0.0110 e. The molecule has 3 heteroatoms. The number of nitrogens with one attached hydrogen (secondary N) is 1. The summed E-state index contributed by atoms with van der Waals surface area (Å²) >= 11 is 0. The summed E-state index contributed by atoms with van der Waals surface area (Å²) < 4.78 is 0. The number of rotatable bonds is 6. The van der Waals surface area contributed by atoms with E-state index in [4.69, 9.17) is 11.5 Å². The molecule has 13 heavy (non-hydrogen) atoms. The summed E-state index contributed by atoms with van der Waals surface area (Å²) in [5.74, 6) is 0.484. The summed E-state index contributed by atoms with van der Waals surface area (Å²) in [5.41, 5.74) is 12.1. The molecule has 0 bridgehead atoms. The van der Waals surface area contributed by atoms with E-state index >= 15 is 0 Å². The second-order valence-electron chi connectivity index (χ2n) is 2.97. The largest absolute Gasteiger partial charge is 0.404 e. The Bertz CT molecular complexity index is 173. The molecule has 0 aliphatic rings. The molecule has 0 aliphatic carbocycles. The van der Waals surface area contributed by atoms with Crippen LogP contribution in [0.3, 0.4) is 0 Å². The van der Waals surface area contributed by atoms with Gasteiger partial charge in [-0.25, -0.2) is 0 Å². The van der Waals surface area contributed by atoms with Crippen LogP contribution in [-0.4, -0.2) is 20.1 Å². The van der Waals surface area contributed by atoms with Gasteiger partial charge < -0.3 is 16.8 Å². The molecule has 0 heterocycles. The third kappa shape index (κ3) is 4.70. The Labute approximate surface area is 80.9 Å². The summed E-state index contributed by atoms with van der Waals surface area (Å²) in [6.45, 7) is 3.67. The molecule has 0 aromatic carbocycles. The third-order valence-corrected chi connectivity index (χ3v) is 2.05. The first kappa shape index (κ1) is 12.2. The Hall–Kier alpha value is -0.800. The second-order valence-corrected chi connectivity index (χ2v) is 2.97. The van der Waals surface area contributed by atoms with E-state index in [1.165, 1.54) is 0 Å². The Morgan fingerprint density at radius 1 is 1.54 bits per heavy atom. The molecule has 0 fully saturated rings. The lowest BCUT2D eigenvalue weighted by atomic mass is 9.96. The fraction of sp³-hybridized carbons (Fsp3) is 0.600. The van der Waals surface area contributed by atoms with Crippen LogP contribution in [-0.2, 0) is 0 Å². The van der Waals surface area contributed by atoms with Crippen LogP contribution in [0.1, 0.15) is 13.3 Å². The van der Waals surface area contributed by atoms with E-state index in [1.807, 2.05) is 19.2 Å². The van der Waals surface area contributed by atoms with Crippen LogP contribution in [0, 0.1) is 5.92 Å². The van der Waals surface area contributed by atoms with Gasteiger partial charge in [-0.15, -0.1) is 0 Å². The van der Waals surface area contributed by atoms with E-state index in [0.29, 0.717) is 12.5 Å². The van der Waals surface area contributed by atoms with Gasteiger partial charge in [-0.1, -0.05) is 19.1 Å². The van der Waals surface area contributed by atoms with Gasteiger partial charge in [0.2, 0.25) is 0 Å². The van der Waals surface area contributed by atoms with Crippen LogP contribution in [0.2, 0.25) is 0 Å². The molecule has 0 saturated carbocycles. The molecule has 0 saturated heterocycles. The van der Waals surface area contributed by atoms with Gasteiger partial charge in [0.1, 0.15) is 0 Å². The number of allylic oxidation sites excluding steroid dienone is 1. The first-order valence-electron chi connectivity index (χ1n) is 4.73. The Balaban J connectivity index is 4.26. The molecule has 3 nitrogen and oxygen atoms in total. The van der Waals surface area contributed by atoms with Gasteiger partial charge in [0, 0.05) is 13.1 Å². The molecule has 0 amide bonds. The predicted molar refractivity (Wildman–Crippen MR) is 58.2 cm³/mol. The lowest BCUT2D eigenvalue weighted by Gasteiger charge is -2.14. The minimum atomic E-state index is 0.484. The van der Waals surface area contributed by atoms with Gasteiger partial charge in [-0.2, -0.15) is 0 Å². The quantitative estimate of drug-likeness (QED) is 0.528. The highest BCUT2D eigenvalue weighted by Gasteiger charge is 2.07. The standard InChI is InChI=1S/C10H21N3/c1-3-9(8-13-2)10(7-12)5-4-6-11/h4-5,7,9,13H,3,6,8,11-12H2,1-2H3/b5-4-,10-7+. The molecule has 76 valence electrons. The molecule has 0 spiro atoms. The minimum absolute atomic E-state index is 0.484. The molecule has 1 atom stereocenters. The van der Waals surface area contributed by atoms with Crippen molar-refractivity contribution in [3.8, 4) is 0 Å². The highest BCUT2D eigenvalue weighted by Crippen LogP contribution is 2.14. The molecular weight excluding hydrogens is 162 g/mol. The van der Waals surface area contributed by atoms with Gasteiger partial charge in [-0.05, 0) is 31.2 Å². The van der Waals surface area contributed by atoms with Crippen molar-refractivity contribution in [1.82, 2.24) is 5.32 Å². The van der Waals surface area contributed by atoms with E-state index in [9.17, 15) is 0 Å². The molecule has 5 N–H and O–H groups in total. The van der Waals surface area contributed by atoms with Gasteiger partial charge >= 0.3 is 0 Å². The van der Waals surface area contributed by atoms with E-state index < -0.39 is 0 Å². The normalized spacial score (nSPS) is 15.2. The van der Waals surface area contributed by atoms with Crippen molar-refractivity contribution in [3.63, 3.8) is 0 Å². The van der Waals surface area contributed by atoms with Crippen molar-refractivity contribution in [2.45, 2.75) is 13.3 Å². The molecule has 1 unspecified atom stereocenters. The van der Waals surface area contributed by atoms with E-state index in [2.05, 4.69) is 12.2 Å². The average Bonchev–Trinajstić information content (AvgIpc) is 2.17. The van der Waals surface area contributed by atoms with Crippen molar-refractivity contribution in [2.75, 3.05) is 20.1 Å². The smallest absolute Gasteiger partial charge is 0.0110 e. The monoisotopic (exact) mass is 183 g/mol. The van der Waals surface area contributed by atoms with Crippen LogP contribution in [0.5, 0.6) is 0 Å². The first-order chi connectivity index (χ1) is 6.29. The van der Waals surface area contributed by atoms with Crippen LogP contribution in [0.25, 0.3) is 0 Å². The lowest BCUT2D eigenvalue weighted by Crippen LogP contribution is -2.20. The maximum absolute atomic E-state index is 5.54. The van der Waals surface area contributed by atoms with Crippen LogP contribution < -0.4 is 16.8 Å². The van der Waals surface area contributed by atoms with Crippen LogP contribution >= 0.6 is 0 Å². The van der Waals surface area contributed by atoms with Crippen LogP contribution in [0.15, 0.2) is 23.9 Å². The lowest BCUT2D eigenvalue weighted by molar-refractivity contribution is 0.561. The van der Waals surface area contributed by atoms with Gasteiger partial charge in [0.05, 0.1) is 0 Å². The summed E-state index contributed by atoms with van der Waals surface area (Å²) in [6, 6.07) is 0. The maximum atomic E-state index is 5.54. The zero-order valence-electron chi connectivity index (χ0n) is 8.59. The molecule has 0 radical (unpaired) electrons. The zero-order valence-corrected chi connectivity index (χ0v) is 8.59. The van der Waals surface area contributed by atoms with Gasteiger partial charge in [0.15, 0.2) is 0 Å². The summed E-state index contributed by atoms with van der Waals surface area (Å²) in [6.07, 6.45) is 6.68. The highest BCUT2D eigenvalue weighted by atomic mass is 14.8. The minimum Gasteiger partial charge on any atom is -0.404 e. The van der Waals surface area contributed by atoms with Crippen molar-refractivity contribution in [3.05, 3.63) is 23.9 Å². The Kier molecular flexibility index (Phi) is 7.35. The van der Waals surface area contributed by atoms with Crippen molar-refractivity contribution in [1.29, 1.82) is 0 Å². The summed E-state index contributed by atoms with van der Waals surface area (Å²) in [7, 11) is 1.95. The number of nitrogens with two attached hydrogens (primary N) is 2. The highest BCUT2D eigenvalue weighted by molar-refractivity contribution is 5.21. The molecule has 0 aromatic heterocycles. The molecule has 0 aromatic rings. The fourth-order valence-corrected chi connectivity index (χ4v) is 1.28. The SMILES string of the molecule is CCC(CNC)C(/C=C\CN)=C/N. The topological polar surface area (TPSA) is 64.1 Å². The Morgan fingerprint density at radius 2 is 2.23 bits per heavy atom. The van der Waals surface area contributed by atoms with E-state index in [0.717, 1.165) is 18.5 Å². The van der Waals surface area contributed by atoms with Crippen molar-refractivity contribution < 1.29 is 0 Å². The first-order valence-corrected chi connectivity index (χ1v) is 4.73. The van der Waals surface area contributed by atoms with Crippen molar-refractivity contribution >= 4 is 0 Å².